The van der Waals surface area contributed by atoms with Gasteiger partial charge in [0.15, 0.2) is 5.78 Å². The normalized spacial score (nSPS) is 50.1. The van der Waals surface area contributed by atoms with Crippen LogP contribution in [-0.2, 0) is 14.3 Å². The van der Waals surface area contributed by atoms with Crippen molar-refractivity contribution in [1.82, 2.24) is 0 Å². The highest BCUT2D eigenvalue weighted by Crippen LogP contribution is 2.70. The minimum absolute atomic E-state index is 0.0458. The van der Waals surface area contributed by atoms with Crippen LogP contribution in [0.25, 0.3) is 0 Å². The van der Waals surface area contributed by atoms with Gasteiger partial charge in [-0.05, 0) is 68.6 Å². The molecule has 8 atom stereocenters. The van der Waals surface area contributed by atoms with E-state index < -0.39 is 5.54 Å². The highest BCUT2D eigenvalue weighted by atomic mass is 16.5. The van der Waals surface area contributed by atoms with Gasteiger partial charge in [-0.1, -0.05) is 25.5 Å². The van der Waals surface area contributed by atoms with Gasteiger partial charge in [0.2, 0.25) is 0 Å². The van der Waals surface area contributed by atoms with E-state index in [2.05, 4.69) is 30.2 Å². The fraction of sp³-hybridized carbons (Fsp3) is 0.833. The van der Waals surface area contributed by atoms with Crippen LogP contribution in [0.2, 0.25) is 0 Å². The van der Waals surface area contributed by atoms with Crippen LogP contribution in [0.5, 0.6) is 0 Å². The second-order valence-electron chi connectivity index (χ2n) is 10.9. The molecule has 3 saturated carbocycles. The van der Waals surface area contributed by atoms with E-state index in [1.165, 1.54) is 18.9 Å². The number of carbonyl (C=O) groups excluding carboxylic acids is 2. The first-order chi connectivity index (χ1) is 13.7. The third kappa shape index (κ3) is 2.39. The number of nitrogens with zero attached hydrogens (tertiary/aromatic N) is 2. The quantitative estimate of drug-likeness (QED) is 0.491. The summed E-state index contributed by atoms with van der Waals surface area (Å²) in [6.07, 6.45) is 9.92. The SMILES string of the molecule is CC(=O)O[C@H]1CC[C@@]2(C)C(=CC[C@H]3[C@H]2CC[C@]2(C)[C@@H]3C[C@@H]3CN=N[C@@]32C(C)=O)C1. The smallest absolute Gasteiger partial charge is 0.302 e. The number of fused-ring (bicyclic) bond motifs is 7. The van der Waals surface area contributed by atoms with Crippen molar-refractivity contribution in [3.05, 3.63) is 11.6 Å². The molecule has 0 N–H and O–H groups in total. The van der Waals surface area contributed by atoms with Gasteiger partial charge in [0, 0.05) is 24.7 Å². The van der Waals surface area contributed by atoms with Crippen molar-refractivity contribution in [2.45, 2.75) is 84.3 Å². The number of rotatable bonds is 2. The van der Waals surface area contributed by atoms with Gasteiger partial charge in [0.25, 0.3) is 0 Å². The fourth-order valence-corrected chi connectivity index (χ4v) is 8.55. The van der Waals surface area contributed by atoms with E-state index in [0.717, 1.165) is 45.1 Å². The van der Waals surface area contributed by atoms with E-state index in [1.807, 2.05) is 0 Å². The molecule has 0 amide bonds. The van der Waals surface area contributed by atoms with Gasteiger partial charge in [0.1, 0.15) is 11.6 Å². The van der Waals surface area contributed by atoms with Gasteiger partial charge in [-0.3, -0.25) is 9.59 Å². The lowest BCUT2D eigenvalue weighted by atomic mass is 9.46. The van der Waals surface area contributed by atoms with Gasteiger partial charge < -0.3 is 4.74 Å². The molecule has 0 bridgehead atoms. The van der Waals surface area contributed by atoms with Crippen molar-refractivity contribution in [2.24, 2.45) is 44.7 Å². The summed E-state index contributed by atoms with van der Waals surface area (Å²) in [5, 5.41) is 9.03. The molecule has 5 aliphatic rings. The van der Waals surface area contributed by atoms with Crippen molar-refractivity contribution in [2.75, 3.05) is 6.54 Å². The Bertz CT molecular complexity index is 819. The molecule has 0 aromatic carbocycles. The molecule has 1 aliphatic heterocycles. The molecule has 158 valence electrons. The van der Waals surface area contributed by atoms with Crippen LogP contribution in [0, 0.1) is 34.5 Å². The van der Waals surface area contributed by atoms with Crippen LogP contribution in [0.4, 0.5) is 0 Å². The Labute approximate surface area is 173 Å². The van der Waals surface area contributed by atoms with Crippen LogP contribution in [0.15, 0.2) is 21.9 Å². The summed E-state index contributed by atoms with van der Waals surface area (Å²) < 4.78 is 5.56. The zero-order valence-corrected chi connectivity index (χ0v) is 18.2. The molecular formula is C24H34N2O3. The number of ether oxygens (including phenoxy) is 1. The number of hydrogen-bond acceptors (Lipinski definition) is 5. The van der Waals surface area contributed by atoms with Gasteiger partial charge >= 0.3 is 5.97 Å². The average Bonchev–Trinajstić information content (AvgIpc) is 3.18. The van der Waals surface area contributed by atoms with E-state index >= 15 is 0 Å². The third-order valence-corrected chi connectivity index (χ3v) is 9.85. The van der Waals surface area contributed by atoms with E-state index in [-0.39, 0.29) is 28.7 Å². The molecule has 29 heavy (non-hydrogen) atoms. The Balaban J connectivity index is 1.46. The Kier molecular flexibility index (Phi) is 4.19. The zero-order valence-electron chi connectivity index (χ0n) is 18.2. The van der Waals surface area contributed by atoms with Crippen LogP contribution >= 0.6 is 0 Å². The number of carbonyl (C=O) groups is 2. The Morgan fingerprint density at radius 2 is 1.93 bits per heavy atom. The fourth-order valence-electron chi connectivity index (χ4n) is 8.55. The van der Waals surface area contributed by atoms with Crippen molar-refractivity contribution in [3.8, 4) is 0 Å². The molecule has 0 spiro atoms. The maximum absolute atomic E-state index is 12.9. The van der Waals surface area contributed by atoms with E-state index in [1.54, 1.807) is 6.92 Å². The Morgan fingerprint density at radius 1 is 1.14 bits per heavy atom. The van der Waals surface area contributed by atoms with E-state index in [9.17, 15) is 9.59 Å². The summed E-state index contributed by atoms with van der Waals surface area (Å²) in [4.78, 5) is 24.3. The third-order valence-electron chi connectivity index (χ3n) is 9.85. The number of allylic oxidation sites excluding steroid dienone is 1. The molecule has 1 heterocycles. The molecule has 0 unspecified atom stereocenters. The standard InChI is InChI=1S/C24H34N2O3/c1-14(27)24-17(13-25-26-24)12-21-19-6-5-16-11-18(29-15(2)28)7-9-22(16,3)20(19)8-10-23(21,24)4/h5,17-21H,6-13H2,1-4H3/t17-,18+,19+,20-,21-,22+,23-,24+/m1/s1. The monoisotopic (exact) mass is 398 g/mol. The molecule has 4 aliphatic carbocycles. The highest BCUT2D eigenvalue weighted by molar-refractivity contribution is 5.88. The van der Waals surface area contributed by atoms with Crippen molar-refractivity contribution < 1.29 is 14.3 Å². The lowest BCUT2D eigenvalue weighted by Gasteiger charge is -2.58. The molecule has 5 rings (SSSR count). The van der Waals surface area contributed by atoms with Crippen molar-refractivity contribution in [1.29, 1.82) is 0 Å². The topological polar surface area (TPSA) is 68.1 Å². The Morgan fingerprint density at radius 3 is 2.66 bits per heavy atom. The second kappa shape index (κ2) is 6.24. The summed E-state index contributed by atoms with van der Waals surface area (Å²) in [5.74, 6) is 2.21. The molecule has 0 aromatic rings. The number of Topliss-reactive ketones (excluding diaryl/α,β-unsaturated/α-hetero) is 1. The van der Waals surface area contributed by atoms with E-state index in [0.29, 0.717) is 23.7 Å². The van der Waals surface area contributed by atoms with E-state index in [4.69, 9.17) is 4.74 Å². The molecule has 0 radical (unpaired) electrons. The molecule has 5 nitrogen and oxygen atoms in total. The minimum atomic E-state index is -0.569. The van der Waals surface area contributed by atoms with Gasteiger partial charge in [-0.15, -0.1) is 0 Å². The molecule has 3 fully saturated rings. The zero-order chi connectivity index (χ0) is 20.6. The lowest BCUT2D eigenvalue weighted by molar-refractivity contribution is -0.149. The summed E-state index contributed by atoms with van der Waals surface area (Å²) in [5.41, 5.74) is 1.10. The minimum Gasteiger partial charge on any atom is -0.462 e. The van der Waals surface area contributed by atoms with Gasteiger partial charge in [-0.25, -0.2) is 0 Å². The molecule has 0 aromatic heterocycles. The van der Waals surface area contributed by atoms with Crippen LogP contribution < -0.4 is 0 Å². The van der Waals surface area contributed by atoms with Crippen LogP contribution in [-0.4, -0.2) is 29.9 Å². The summed E-state index contributed by atoms with van der Waals surface area (Å²) >= 11 is 0. The van der Waals surface area contributed by atoms with Gasteiger partial charge in [-0.2, -0.15) is 10.2 Å². The average molecular weight is 399 g/mol. The number of azo groups is 1. The Hall–Kier alpha value is -1.52. The summed E-state index contributed by atoms with van der Waals surface area (Å²) in [6.45, 7) is 8.79. The first-order valence-corrected chi connectivity index (χ1v) is 11.5. The second-order valence-corrected chi connectivity index (χ2v) is 10.9. The van der Waals surface area contributed by atoms with Crippen LogP contribution in [0.1, 0.15) is 72.6 Å². The first-order valence-electron chi connectivity index (χ1n) is 11.5. The summed E-state index contributed by atoms with van der Waals surface area (Å²) in [7, 11) is 0. The summed E-state index contributed by atoms with van der Waals surface area (Å²) in [6, 6.07) is 0. The molecule has 5 heteroatoms. The predicted octanol–water partition coefficient (Wildman–Crippen LogP) is 4.90. The highest BCUT2D eigenvalue weighted by Gasteiger charge is 2.71. The number of ketones is 1. The largest absolute Gasteiger partial charge is 0.462 e. The predicted molar refractivity (Wildman–Crippen MR) is 109 cm³/mol. The van der Waals surface area contributed by atoms with Crippen molar-refractivity contribution in [3.63, 3.8) is 0 Å². The maximum atomic E-state index is 12.9. The van der Waals surface area contributed by atoms with Crippen LogP contribution in [0.3, 0.4) is 0 Å². The molecule has 0 saturated heterocycles. The lowest BCUT2D eigenvalue weighted by Crippen LogP contribution is -2.57. The maximum Gasteiger partial charge on any atom is 0.302 e. The molecular weight excluding hydrogens is 364 g/mol. The van der Waals surface area contributed by atoms with Gasteiger partial charge in [0.05, 0.1) is 6.54 Å². The number of esters is 1. The van der Waals surface area contributed by atoms with Crippen molar-refractivity contribution >= 4 is 11.8 Å². The number of hydrogen-bond donors (Lipinski definition) is 0. The first kappa shape index (κ1) is 19.4.